The number of carbonyl (C=O) groups is 1. The van der Waals surface area contributed by atoms with Crippen molar-refractivity contribution >= 4 is 23.4 Å². The van der Waals surface area contributed by atoms with Gasteiger partial charge in [0.05, 0.1) is 12.1 Å². The van der Waals surface area contributed by atoms with Gasteiger partial charge in [0.1, 0.15) is 11.5 Å². The number of nitrogens with zero attached hydrogens (tertiary/aromatic N) is 4. The van der Waals surface area contributed by atoms with Gasteiger partial charge in [0.15, 0.2) is 11.6 Å². The fraction of sp³-hybridized carbons (Fsp3) is 0.458. The number of aromatic nitrogens is 2. The van der Waals surface area contributed by atoms with E-state index in [2.05, 4.69) is 43.6 Å². The van der Waals surface area contributed by atoms with E-state index in [0.717, 1.165) is 68.0 Å². The SMILES string of the molecule is CN1CCN(C=C2Cc3cc(Nc4ncc(F)c(N[C@@H]5CCC[C@@H]5C(N)=O)n4)ccc3O2)CC1. The van der Waals surface area contributed by atoms with Crippen LogP contribution in [0.4, 0.5) is 21.8 Å². The summed E-state index contributed by atoms with van der Waals surface area (Å²) in [6, 6.07) is 5.58. The van der Waals surface area contributed by atoms with E-state index >= 15 is 0 Å². The zero-order chi connectivity index (χ0) is 23.7. The molecule has 2 atom stereocenters. The van der Waals surface area contributed by atoms with Crippen molar-refractivity contribution < 1.29 is 13.9 Å². The zero-order valence-corrected chi connectivity index (χ0v) is 19.3. The fourth-order valence-corrected chi connectivity index (χ4v) is 4.79. The van der Waals surface area contributed by atoms with Crippen molar-refractivity contribution in [2.24, 2.45) is 11.7 Å². The molecule has 5 rings (SSSR count). The molecule has 0 spiro atoms. The Bertz CT molecular complexity index is 1100. The van der Waals surface area contributed by atoms with Crippen LogP contribution in [0, 0.1) is 11.7 Å². The van der Waals surface area contributed by atoms with E-state index in [1.54, 1.807) is 0 Å². The van der Waals surface area contributed by atoms with Crippen LogP contribution >= 0.6 is 0 Å². The van der Waals surface area contributed by atoms with Gasteiger partial charge in [-0.2, -0.15) is 4.98 Å². The van der Waals surface area contributed by atoms with Crippen LogP contribution in [0.2, 0.25) is 0 Å². The molecule has 10 heteroatoms. The van der Waals surface area contributed by atoms with Gasteiger partial charge in [-0.3, -0.25) is 4.79 Å². The Balaban J connectivity index is 1.26. The summed E-state index contributed by atoms with van der Waals surface area (Å²) >= 11 is 0. The smallest absolute Gasteiger partial charge is 0.229 e. The van der Waals surface area contributed by atoms with Crippen molar-refractivity contribution in [2.45, 2.75) is 31.7 Å². The van der Waals surface area contributed by atoms with Crippen molar-refractivity contribution in [1.29, 1.82) is 0 Å². The molecule has 4 N–H and O–H groups in total. The van der Waals surface area contributed by atoms with E-state index in [1.165, 1.54) is 0 Å². The lowest BCUT2D eigenvalue weighted by molar-refractivity contribution is -0.121. The van der Waals surface area contributed by atoms with Gasteiger partial charge in [-0.15, -0.1) is 0 Å². The highest BCUT2D eigenvalue weighted by Crippen LogP contribution is 2.34. The fourth-order valence-electron chi connectivity index (χ4n) is 4.79. The normalized spacial score (nSPS) is 23.6. The number of rotatable bonds is 6. The Morgan fingerprint density at radius 2 is 2.09 bits per heavy atom. The average molecular weight is 468 g/mol. The predicted octanol–water partition coefficient (Wildman–Crippen LogP) is 2.45. The zero-order valence-electron chi connectivity index (χ0n) is 19.3. The first-order valence-electron chi connectivity index (χ1n) is 11.7. The number of carbonyl (C=O) groups excluding carboxylic acids is 1. The van der Waals surface area contributed by atoms with Crippen LogP contribution in [-0.4, -0.2) is 64.9 Å². The molecule has 0 unspecified atom stereocenters. The van der Waals surface area contributed by atoms with E-state index in [1.807, 2.05) is 18.2 Å². The van der Waals surface area contributed by atoms with Gasteiger partial charge in [-0.05, 0) is 38.1 Å². The molecule has 9 nitrogen and oxygen atoms in total. The maximum Gasteiger partial charge on any atom is 0.229 e. The number of hydrogen-bond donors (Lipinski definition) is 3. The minimum atomic E-state index is -0.568. The predicted molar refractivity (Wildman–Crippen MR) is 127 cm³/mol. The average Bonchev–Trinajstić information content (AvgIpc) is 3.44. The highest BCUT2D eigenvalue weighted by molar-refractivity contribution is 5.78. The topological polar surface area (TPSA) is 109 Å². The van der Waals surface area contributed by atoms with Gasteiger partial charge in [0.25, 0.3) is 0 Å². The Labute approximate surface area is 198 Å². The number of ether oxygens (including phenoxy) is 1. The number of allylic oxidation sites excluding steroid dienone is 1. The molecule has 3 heterocycles. The van der Waals surface area contributed by atoms with Gasteiger partial charge in [0, 0.05) is 56.1 Å². The van der Waals surface area contributed by atoms with Crippen LogP contribution in [0.5, 0.6) is 5.75 Å². The second-order valence-corrected chi connectivity index (χ2v) is 9.24. The minimum absolute atomic E-state index is 0.0672. The maximum atomic E-state index is 14.4. The summed E-state index contributed by atoms with van der Waals surface area (Å²) in [4.78, 5) is 24.7. The van der Waals surface area contributed by atoms with Crippen LogP contribution in [0.25, 0.3) is 0 Å². The molecule has 3 aliphatic rings. The first-order valence-corrected chi connectivity index (χ1v) is 11.7. The number of benzene rings is 1. The van der Waals surface area contributed by atoms with Gasteiger partial charge < -0.3 is 30.9 Å². The highest BCUT2D eigenvalue weighted by atomic mass is 19.1. The number of fused-ring (bicyclic) bond motifs is 1. The molecule has 2 aromatic rings. The van der Waals surface area contributed by atoms with E-state index in [0.29, 0.717) is 12.8 Å². The standard InChI is InChI=1S/C24H30FN7O2/c1-31-7-9-32(10-8-31)14-17-12-15-11-16(5-6-21(15)34-17)28-24-27-13-19(25)23(30-24)29-20-4-2-3-18(20)22(26)33/h5-6,11,13-14,18,20H,2-4,7-10,12H2,1H3,(H2,26,33)(H2,27,28,29,30)/t18-,20+/m0/s1. The monoisotopic (exact) mass is 467 g/mol. The second kappa shape index (κ2) is 9.46. The number of nitrogens with two attached hydrogens (primary N) is 1. The van der Waals surface area contributed by atoms with E-state index < -0.39 is 5.82 Å². The maximum absolute atomic E-state index is 14.4. The van der Waals surface area contributed by atoms with E-state index in [9.17, 15) is 9.18 Å². The molecule has 0 bridgehead atoms. The number of likely N-dealkylation sites (N-methyl/N-ethyl adjacent to an activating group) is 1. The third-order valence-electron chi connectivity index (χ3n) is 6.73. The number of hydrogen-bond acceptors (Lipinski definition) is 8. The van der Waals surface area contributed by atoms with Crippen molar-refractivity contribution in [3.05, 3.63) is 47.7 Å². The van der Waals surface area contributed by atoms with E-state index in [4.69, 9.17) is 10.5 Å². The molecule has 0 radical (unpaired) electrons. The van der Waals surface area contributed by atoms with Crippen LogP contribution in [0.1, 0.15) is 24.8 Å². The second-order valence-electron chi connectivity index (χ2n) is 9.24. The van der Waals surface area contributed by atoms with Crippen molar-refractivity contribution in [3.8, 4) is 5.75 Å². The molecule has 1 aromatic carbocycles. The molecule has 2 fully saturated rings. The summed E-state index contributed by atoms with van der Waals surface area (Å²) in [6.45, 7) is 4.07. The van der Waals surface area contributed by atoms with Gasteiger partial charge in [-0.25, -0.2) is 9.37 Å². The molecular weight excluding hydrogens is 437 g/mol. The number of nitrogens with one attached hydrogen (secondary N) is 2. The molecule has 1 saturated carbocycles. The first kappa shape index (κ1) is 22.4. The molecule has 2 aliphatic heterocycles. The molecule has 34 heavy (non-hydrogen) atoms. The number of amides is 1. The third kappa shape index (κ3) is 4.91. The van der Waals surface area contributed by atoms with Crippen molar-refractivity contribution in [1.82, 2.24) is 19.8 Å². The first-order chi connectivity index (χ1) is 16.4. The lowest BCUT2D eigenvalue weighted by atomic mass is 10.0. The third-order valence-corrected chi connectivity index (χ3v) is 6.73. The van der Waals surface area contributed by atoms with Gasteiger partial charge in [-0.1, -0.05) is 6.42 Å². The summed E-state index contributed by atoms with van der Waals surface area (Å²) in [6.07, 6.45) is 6.26. The lowest BCUT2D eigenvalue weighted by Gasteiger charge is -2.31. The van der Waals surface area contributed by atoms with E-state index in [-0.39, 0.29) is 29.6 Å². The minimum Gasteiger partial charge on any atom is -0.460 e. The summed E-state index contributed by atoms with van der Waals surface area (Å²) in [5.41, 5.74) is 7.35. The number of halogens is 1. The molecular formula is C24H30FN7O2. The van der Waals surface area contributed by atoms with Crippen LogP contribution in [-0.2, 0) is 11.2 Å². The summed E-state index contributed by atoms with van der Waals surface area (Å²) in [5.74, 6) is 0.845. The number of primary amides is 1. The quantitative estimate of drug-likeness (QED) is 0.595. The van der Waals surface area contributed by atoms with Crippen LogP contribution in [0.15, 0.2) is 36.4 Å². The molecule has 1 saturated heterocycles. The van der Waals surface area contributed by atoms with Gasteiger partial charge >= 0.3 is 0 Å². The van der Waals surface area contributed by atoms with Crippen LogP contribution in [0.3, 0.4) is 0 Å². The lowest BCUT2D eigenvalue weighted by Crippen LogP contribution is -2.42. The summed E-state index contributed by atoms with van der Waals surface area (Å²) in [7, 11) is 2.14. The molecule has 1 aliphatic carbocycles. The Morgan fingerprint density at radius 3 is 2.88 bits per heavy atom. The van der Waals surface area contributed by atoms with Crippen LogP contribution < -0.4 is 21.1 Å². The van der Waals surface area contributed by atoms with Crippen molar-refractivity contribution in [3.63, 3.8) is 0 Å². The Kier molecular flexibility index (Phi) is 6.23. The Hall–Kier alpha value is -3.40. The molecule has 1 aromatic heterocycles. The summed E-state index contributed by atoms with van der Waals surface area (Å²) in [5, 5.41) is 6.20. The molecule has 1 amide bonds. The largest absolute Gasteiger partial charge is 0.460 e. The highest BCUT2D eigenvalue weighted by Gasteiger charge is 2.32. The van der Waals surface area contributed by atoms with Gasteiger partial charge in [0.2, 0.25) is 11.9 Å². The van der Waals surface area contributed by atoms with Crippen molar-refractivity contribution in [2.75, 3.05) is 43.9 Å². The molecule has 180 valence electrons. The summed E-state index contributed by atoms with van der Waals surface area (Å²) < 4.78 is 20.4. The number of anilines is 3. The Morgan fingerprint density at radius 1 is 1.26 bits per heavy atom. The number of piperazine rings is 1.